The summed E-state index contributed by atoms with van der Waals surface area (Å²) in [5, 5.41) is 12.3. The van der Waals surface area contributed by atoms with E-state index in [2.05, 4.69) is 4.99 Å². The molecular formula is C26H28ClN3O6. The van der Waals surface area contributed by atoms with Gasteiger partial charge in [-0.05, 0) is 50.6 Å². The van der Waals surface area contributed by atoms with Crippen molar-refractivity contribution >= 4 is 41.3 Å². The molecule has 0 bridgehead atoms. The summed E-state index contributed by atoms with van der Waals surface area (Å²) in [5.74, 6) is 0.287. The van der Waals surface area contributed by atoms with Crippen LogP contribution in [0, 0.1) is 0 Å². The number of hydrogen-bond donors (Lipinski definition) is 0. The zero-order chi connectivity index (χ0) is 26.5. The Kier molecular flexibility index (Phi) is 8.17. The topological polar surface area (TPSA) is 108 Å². The molecule has 1 aliphatic rings. The number of alkyl halides is 1. The number of aliphatic imine (C=N–C) groups is 1. The van der Waals surface area contributed by atoms with Gasteiger partial charge < -0.3 is 24.3 Å². The first-order chi connectivity index (χ1) is 17.0. The van der Waals surface area contributed by atoms with Crippen LogP contribution in [0.4, 0.5) is 15.3 Å². The molecule has 9 nitrogen and oxygen atoms in total. The number of carbonyl (C=O) groups is 3. The predicted molar refractivity (Wildman–Crippen MR) is 135 cm³/mol. The third-order valence-electron chi connectivity index (χ3n) is 5.38. The number of rotatable bonds is 7. The summed E-state index contributed by atoms with van der Waals surface area (Å²) in [6.45, 7) is 5.47. The molecule has 190 valence electrons. The first-order valence-corrected chi connectivity index (χ1v) is 11.8. The number of ether oxygens (including phenoxy) is 2. The van der Waals surface area contributed by atoms with E-state index in [4.69, 9.17) is 21.1 Å². The van der Waals surface area contributed by atoms with Gasteiger partial charge in [0.05, 0.1) is 18.2 Å². The molecule has 0 saturated carbocycles. The zero-order valence-corrected chi connectivity index (χ0v) is 21.3. The summed E-state index contributed by atoms with van der Waals surface area (Å²) in [4.78, 5) is 42.6. The largest absolute Gasteiger partial charge is 0.497 e. The van der Waals surface area contributed by atoms with Gasteiger partial charge in [-0.25, -0.2) is 14.6 Å². The molecule has 2 aromatic carbocycles. The minimum Gasteiger partial charge on any atom is -0.497 e. The lowest BCUT2D eigenvalue weighted by atomic mass is 10.1. The summed E-state index contributed by atoms with van der Waals surface area (Å²) >= 11 is 5.77. The van der Waals surface area contributed by atoms with Crippen LogP contribution < -0.4 is 14.3 Å². The molecule has 2 aromatic rings. The normalized spacial score (nSPS) is 16.9. The quantitative estimate of drug-likeness (QED) is 0.234. The highest BCUT2D eigenvalue weighted by Crippen LogP contribution is 2.31. The highest BCUT2D eigenvalue weighted by atomic mass is 35.5. The molecule has 36 heavy (non-hydrogen) atoms. The smallest absolute Gasteiger partial charge is 0.410 e. The van der Waals surface area contributed by atoms with Crippen LogP contribution in [-0.2, 0) is 10.6 Å². The fourth-order valence-corrected chi connectivity index (χ4v) is 3.67. The van der Waals surface area contributed by atoms with Crippen molar-refractivity contribution < 1.29 is 29.0 Å². The third kappa shape index (κ3) is 6.10. The second kappa shape index (κ2) is 10.9. The van der Waals surface area contributed by atoms with Crippen LogP contribution in [0.5, 0.6) is 5.75 Å². The van der Waals surface area contributed by atoms with Crippen molar-refractivity contribution in [3.8, 4) is 5.75 Å². The van der Waals surface area contributed by atoms with E-state index in [0.717, 1.165) is 5.56 Å². The minimum absolute atomic E-state index is 0.158. The fourth-order valence-electron chi connectivity index (χ4n) is 3.49. The van der Waals surface area contributed by atoms with Gasteiger partial charge in [0.2, 0.25) is 5.84 Å². The summed E-state index contributed by atoms with van der Waals surface area (Å²) in [5.41, 5.74) is 0.912. The Morgan fingerprint density at radius 1 is 1.06 bits per heavy atom. The number of carboxylic acid groups (broad SMARTS) is 1. The SMILES string of the molecule is CN(CCC1=NC=C[N+]1(C(=O)[O-])c1ccc(OC(=O)c2ccc(CCl)cc2)cc1)C(=O)OC(C)(C)C. The lowest BCUT2D eigenvalue weighted by Gasteiger charge is -2.32. The number of benzene rings is 2. The average molecular weight is 514 g/mol. The van der Waals surface area contributed by atoms with Gasteiger partial charge in [-0.2, -0.15) is 4.48 Å². The maximum atomic E-state index is 12.4. The Hall–Kier alpha value is -3.69. The van der Waals surface area contributed by atoms with Crippen LogP contribution in [0.2, 0.25) is 0 Å². The number of quaternary nitrogens is 1. The van der Waals surface area contributed by atoms with Crippen molar-refractivity contribution in [1.29, 1.82) is 0 Å². The van der Waals surface area contributed by atoms with E-state index >= 15 is 0 Å². The molecule has 0 N–H and O–H groups in total. The van der Waals surface area contributed by atoms with Crippen molar-refractivity contribution in [1.82, 2.24) is 9.38 Å². The second-order valence-corrected chi connectivity index (χ2v) is 9.47. The van der Waals surface area contributed by atoms with Gasteiger partial charge in [0.15, 0.2) is 0 Å². The van der Waals surface area contributed by atoms with Gasteiger partial charge in [0.25, 0.3) is 6.09 Å². The molecule has 2 amide bonds. The molecule has 0 saturated heterocycles. The van der Waals surface area contributed by atoms with Crippen LogP contribution in [-0.4, -0.2) is 48.1 Å². The molecule has 3 rings (SSSR count). The van der Waals surface area contributed by atoms with Crippen LogP contribution in [0.3, 0.4) is 0 Å². The third-order valence-corrected chi connectivity index (χ3v) is 5.69. The lowest BCUT2D eigenvalue weighted by molar-refractivity contribution is -0.257. The Labute approximate surface area is 214 Å². The number of nitrogens with zero attached hydrogens (tertiary/aromatic N) is 3. The van der Waals surface area contributed by atoms with Crippen LogP contribution in [0.25, 0.3) is 0 Å². The highest BCUT2D eigenvalue weighted by Gasteiger charge is 2.41. The maximum absolute atomic E-state index is 12.4. The molecule has 0 aromatic heterocycles. The first kappa shape index (κ1) is 26.9. The molecule has 1 unspecified atom stereocenters. The van der Waals surface area contributed by atoms with E-state index in [1.165, 1.54) is 41.6 Å². The summed E-state index contributed by atoms with van der Waals surface area (Å²) < 4.78 is 9.98. The number of amides is 2. The van der Waals surface area contributed by atoms with Crippen LogP contribution in [0.15, 0.2) is 65.9 Å². The molecular weight excluding hydrogens is 486 g/mol. The van der Waals surface area contributed by atoms with E-state index in [9.17, 15) is 19.5 Å². The van der Waals surface area contributed by atoms with E-state index < -0.39 is 28.2 Å². The Morgan fingerprint density at radius 3 is 2.25 bits per heavy atom. The highest BCUT2D eigenvalue weighted by molar-refractivity contribution is 6.17. The molecule has 1 heterocycles. The van der Waals surface area contributed by atoms with Crippen molar-refractivity contribution in [3.05, 3.63) is 72.1 Å². The van der Waals surface area contributed by atoms with E-state index in [-0.39, 0.29) is 24.6 Å². The van der Waals surface area contributed by atoms with E-state index in [1.54, 1.807) is 52.1 Å². The molecule has 0 radical (unpaired) electrons. The zero-order valence-electron chi connectivity index (χ0n) is 20.6. The molecule has 0 spiro atoms. The van der Waals surface area contributed by atoms with Crippen LogP contribution >= 0.6 is 11.6 Å². The van der Waals surface area contributed by atoms with Gasteiger partial charge >= 0.3 is 12.1 Å². The van der Waals surface area contributed by atoms with E-state index in [0.29, 0.717) is 17.1 Å². The number of carbonyl (C=O) groups excluding carboxylic acids is 3. The minimum atomic E-state index is -1.41. The molecule has 0 fully saturated rings. The van der Waals surface area contributed by atoms with Crippen molar-refractivity contribution in [2.24, 2.45) is 4.99 Å². The van der Waals surface area contributed by atoms with Crippen molar-refractivity contribution in [2.75, 3.05) is 13.6 Å². The van der Waals surface area contributed by atoms with E-state index in [1.807, 2.05) is 0 Å². The Bertz CT molecular complexity index is 1190. The number of halogens is 1. The van der Waals surface area contributed by atoms with Gasteiger partial charge in [0, 0.05) is 31.6 Å². The van der Waals surface area contributed by atoms with Gasteiger partial charge in [-0.3, -0.25) is 0 Å². The monoisotopic (exact) mass is 513 g/mol. The maximum Gasteiger partial charge on any atom is 0.410 e. The van der Waals surface area contributed by atoms with Crippen molar-refractivity contribution in [2.45, 2.75) is 38.7 Å². The average Bonchev–Trinajstić information content (AvgIpc) is 3.27. The predicted octanol–water partition coefficient (Wildman–Crippen LogP) is 4.44. The lowest BCUT2D eigenvalue weighted by Crippen LogP contribution is -2.59. The number of amidine groups is 1. The van der Waals surface area contributed by atoms with Gasteiger partial charge in [0.1, 0.15) is 23.2 Å². The van der Waals surface area contributed by atoms with Gasteiger partial charge in [-0.1, -0.05) is 12.1 Å². The standard InChI is InChI=1S/C26H28ClN3O6/c1-26(2,3)36-24(32)29(4)15-13-22-28-14-16-30(22,25(33)34)20-9-11-21(12-10-20)35-23(31)19-7-5-18(17-27)6-8-19/h5-12,14,16H,13,15,17H2,1-4H3. The molecule has 10 heteroatoms. The molecule has 0 aliphatic carbocycles. The summed E-state index contributed by atoms with van der Waals surface area (Å²) in [7, 11) is 1.57. The van der Waals surface area contributed by atoms with Gasteiger partial charge in [-0.15, -0.1) is 11.6 Å². The Morgan fingerprint density at radius 2 is 1.69 bits per heavy atom. The molecule has 1 aliphatic heterocycles. The van der Waals surface area contributed by atoms with Crippen molar-refractivity contribution in [3.63, 3.8) is 0 Å². The number of esters is 1. The number of hydrogen-bond acceptors (Lipinski definition) is 7. The summed E-state index contributed by atoms with van der Waals surface area (Å²) in [6, 6.07) is 12.8. The molecule has 1 atom stereocenters. The van der Waals surface area contributed by atoms with Crippen LogP contribution in [0.1, 0.15) is 43.1 Å². The Balaban J connectivity index is 1.73. The fraction of sp³-hybridized carbons (Fsp3) is 0.308. The summed E-state index contributed by atoms with van der Waals surface area (Å²) in [6.07, 6.45) is 0.996. The second-order valence-electron chi connectivity index (χ2n) is 9.20. The first-order valence-electron chi connectivity index (χ1n) is 11.2.